The van der Waals surface area contributed by atoms with Gasteiger partial charge in [-0.1, -0.05) is 34.5 Å². The van der Waals surface area contributed by atoms with E-state index in [-0.39, 0.29) is 5.82 Å². The third-order valence-electron chi connectivity index (χ3n) is 2.88. The SMILES string of the molecule is CCCOc1ccc(Cl)cc1NCc1cc(Br)ccc1F. The fourth-order valence-electron chi connectivity index (χ4n) is 1.85. The van der Waals surface area contributed by atoms with Crippen molar-refractivity contribution in [1.29, 1.82) is 0 Å². The summed E-state index contributed by atoms with van der Waals surface area (Å²) in [6.07, 6.45) is 0.919. The maximum atomic E-state index is 13.7. The Morgan fingerprint density at radius 1 is 1.24 bits per heavy atom. The highest BCUT2D eigenvalue weighted by molar-refractivity contribution is 9.10. The first-order valence-electron chi connectivity index (χ1n) is 6.70. The summed E-state index contributed by atoms with van der Waals surface area (Å²) in [5, 5.41) is 3.78. The summed E-state index contributed by atoms with van der Waals surface area (Å²) in [5.74, 6) is 0.473. The molecule has 0 amide bonds. The minimum Gasteiger partial charge on any atom is -0.491 e. The Bertz CT molecular complexity index is 621. The van der Waals surface area contributed by atoms with Crippen molar-refractivity contribution in [3.05, 3.63) is 57.3 Å². The van der Waals surface area contributed by atoms with Gasteiger partial charge in [0.1, 0.15) is 11.6 Å². The molecule has 2 aromatic carbocycles. The zero-order valence-corrected chi connectivity index (χ0v) is 14.0. The second-order valence-corrected chi connectivity index (χ2v) is 5.93. The van der Waals surface area contributed by atoms with Crippen LogP contribution in [0, 0.1) is 5.82 Å². The van der Waals surface area contributed by atoms with Crippen molar-refractivity contribution in [2.24, 2.45) is 0 Å². The van der Waals surface area contributed by atoms with Crippen LogP contribution in [0.1, 0.15) is 18.9 Å². The Kier molecular flexibility index (Phi) is 5.88. The minimum atomic E-state index is -0.247. The Balaban J connectivity index is 2.14. The molecule has 0 fully saturated rings. The van der Waals surface area contributed by atoms with Crippen LogP contribution in [0.4, 0.5) is 10.1 Å². The lowest BCUT2D eigenvalue weighted by Gasteiger charge is -2.14. The minimum absolute atomic E-state index is 0.247. The van der Waals surface area contributed by atoms with Crippen molar-refractivity contribution < 1.29 is 9.13 Å². The van der Waals surface area contributed by atoms with Gasteiger partial charge in [0, 0.05) is 21.6 Å². The van der Waals surface area contributed by atoms with Crippen molar-refractivity contribution in [1.82, 2.24) is 0 Å². The molecule has 0 aromatic heterocycles. The van der Waals surface area contributed by atoms with Gasteiger partial charge in [0.25, 0.3) is 0 Å². The number of ether oxygens (including phenoxy) is 1. The second kappa shape index (κ2) is 7.66. The molecule has 0 saturated carbocycles. The van der Waals surface area contributed by atoms with Crippen LogP contribution >= 0.6 is 27.5 Å². The standard InChI is InChI=1S/C16H16BrClFNO/c1-2-7-21-16-6-4-13(18)9-15(16)20-10-11-8-12(17)3-5-14(11)19/h3-6,8-9,20H,2,7,10H2,1H3. The molecule has 0 aliphatic rings. The molecule has 1 N–H and O–H groups in total. The Labute approximate surface area is 137 Å². The van der Waals surface area contributed by atoms with Crippen LogP contribution in [0.15, 0.2) is 40.9 Å². The molecule has 0 saturated heterocycles. The average Bonchev–Trinajstić information content (AvgIpc) is 2.47. The van der Waals surface area contributed by atoms with Gasteiger partial charge in [-0.15, -0.1) is 0 Å². The summed E-state index contributed by atoms with van der Waals surface area (Å²) >= 11 is 9.35. The van der Waals surface area contributed by atoms with Crippen molar-refractivity contribution in [2.75, 3.05) is 11.9 Å². The number of halogens is 3. The van der Waals surface area contributed by atoms with Crippen molar-refractivity contribution >= 4 is 33.2 Å². The predicted octanol–water partition coefficient (Wildman–Crippen LogP) is 5.64. The van der Waals surface area contributed by atoms with Gasteiger partial charge in [-0.05, 0) is 42.8 Å². The molecule has 2 nitrogen and oxygen atoms in total. The van der Waals surface area contributed by atoms with Crippen LogP contribution in [-0.4, -0.2) is 6.61 Å². The van der Waals surface area contributed by atoms with Crippen LogP contribution in [0.3, 0.4) is 0 Å². The molecular formula is C16H16BrClFNO. The average molecular weight is 373 g/mol. The van der Waals surface area contributed by atoms with Gasteiger partial charge in [0.2, 0.25) is 0 Å². The smallest absolute Gasteiger partial charge is 0.142 e. The number of hydrogen-bond donors (Lipinski definition) is 1. The van der Waals surface area contributed by atoms with E-state index in [0.717, 1.165) is 22.3 Å². The van der Waals surface area contributed by atoms with Crippen LogP contribution in [0.25, 0.3) is 0 Å². The largest absolute Gasteiger partial charge is 0.491 e. The lowest BCUT2D eigenvalue weighted by Crippen LogP contribution is -2.05. The van der Waals surface area contributed by atoms with Gasteiger partial charge in [0.15, 0.2) is 0 Å². The van der Waals surface area contributed by atoms with E-state index in [4.69, 9.17) is 16.3 Å². The summed E-state index contributed by atoms with van der Waals surface area (Å²) in [6, 6.07) is 10.2. The van der Waals surface area contributed by atoms with E-state index in [1.165, 1.54) is 6.07 Å². The Hall–Kier alpha value is -1.26. The topological polar surface area (TPSA) is 21.3 Å². The number of benzene rings is 2. The quantitative estimate of drug-likeness (QED) is 0.708. The van der Waals surface area contributed by atoms with E-state index < -0.39 is 0 Å². The molecule has 112 valence electrons. The molecule has 0 bridgehead atoms. The first kappa shape index (κ1) is 16.1. The van der Waals surface area contributed by atoms with E-state index in [1.54, 1.807) is 24.3 Å². The van der Waals surface area contributed by atoms with Gasteiger partial charge < -0.3 is 10.1 Å². The molecule has 0 aliphatic carbocycles. The summed E-state index contributed by atoms with van der Waals surface area (Å²) < 4.78 is 20.2. The maximum Gasteiger partial charge on any atom is 0.142 e. The van der Waals surface area contributed by atoms with Crippen LogP contribution in [-0.2, 0) is 6.54 Å². The number of nitrogens with one attached hydrogen (secondary N) is 1. The fourth-order valence-corrected chi connectivity index (χ4v) is 2.43. The van der Waals surface area contributed by atoms with Crippen LogP contribution in [0.2, 0.25) is 5.02 Å². The molecule has 0 aliphatic heterocycles. The zero-order chi connectivity index (χ0) is 15.2. The third-order valence-corrected chi connectivity index (χ3v) is 3.61. The van der Waals surface area contributed by atoms with Gasteiger partial charge >= 0.3 is 0 Å². The highest BCUT2D eigenvalue weighted by Gasteiger charge is 2.07. The van der Waals surface area contributed by atoms with Crippen LogP contribution < -0.4 is 10.1 Å². The van der Waals surface area contributed by atoms with Gasteiger partial charge in [-0.25, -0.2) is 4.39 Å². The molecule has 21 heavy (non-hydrogen) atoms. The van der Waals surface area contributed by atoms with Gasteiger partial charge in [-0.3, -0.25) is 0 Å². The molecule has 0 heterocycles. The second-order valence-electron chi connectivity index (χ2n) is 4.58. The highest BCUT2D eigenvalue weighted by atomic mass is 79.9. The zero-order valence-electron chi connectivity index (χ0n) is 11.6. The molecule has 0 spiro atoms. The van der Waals surface area contributed by atoms with E-state index in [2.05, 4.69) is 21.2 Å². The van der Waals surface area contributed by atoms with Crippen LogP contribution in [0.5, 0.6) is 5.75 Å². The summed E-state index contributed by atoms with van der Waals surface area (Å²) in [5.41, 5.74) is 1.33. The molecule has 2 rings (SSSR count). The first-order chi connectivity index (χ1) is 10.1. The fraction of sp³-hybridized carbons (Fsp3) is 0.250. The molecule has 5 heteroatoms. The predicted molar refractivity (Wildman–Crippen MR) is 88.7 cm³/mol. The lowest BCUT2D eigenvalue weighted by atomic mass is 10.2. The third kappa shape index (κ3) is 4.61. The monoisotopic (exact) mass is 371 g/mol. The molecular weight excluding hydrogens is 357 g/mol. The molecule has 0 unspecified atom stereocenters. The van der Waals surface area contributed by atoms with Crippen molar-refractivity contribution in [3.8, 4) is 5.75 Å². The number of hydrogen-bond acceptors (Lipinski definition) is 2. The Morgan fingerprint density at radius 2 is 2.05 bits per heavy atom. The molecule has 0 atom stereocenters. The number of anilines is 1. The lowest BCUT2D eigenvalue weighted by molar-refractivity contribution is 0.319. The maximum absolute atomic E-state index is 13.7. The Morgan fingerprint density at radius 3 is 2.81 bits per heavy atom. The summed E-state index contributed by atoms with van der Waals surface area (Å²) in [4.78, 5) is 0. The molecule has 2 aromatic rings. The highest BCUT2D eigenvalue weighted by Crippen LogP contribution is 2.29. The van der Waals surface area contributed by atoms with Crippen molar-refractivity contribution in [2.45, 2.75) is 19.9 Å². The van der Waals surface area contributed by atoms with Gasteiger partial charge in [0.05, 0.1) is 12.3 Å². The first-order valence-corrected chi connectivity index (χ1v) is 7.87. The van der Waals surface area contributed by atoms with E-state index in [1.807, 2.05) is 13.0 Å². The van der Waals surface area contributed by atoms with E-state index >= 15 is 0 Å². The molecule has 0 radical (unpaired) electrons. The summed E-state index contributed by atoms with van der Waals surface area (Å²) in [7, 11) is 0. The van der Waals surface area contributed by atoms with Crippen molar-refractivity contribution in [3.63, 3.8) is 0 Å². The number of rotatable bonds is 6. The van der Waals surface area contributed by atoms with E-state index in [9.17, 15) is 4.39 Å². The normalized spacial score (nSPS) is 10.5. The van der Waals surface area contributed by atoms with E-state index in [0.29, 0.717) is 23.7 Å². The summed E-state index contributed by atoms with van der Waals surface area (Å²) in [6.45, 7) is 3.02. The van der Waals surface area contributed by atoms with Gasteiger partial charge in [-0.2, -0.15) is 0 Å².